The third-order valence-corrected chi connectivity index (χ3v) is 3.66. The summed E-state index contributed by atoms with van der Waals surface area (Å²) in [5.74, 6) is 0.287. The first-order chi connectivity index (χ1) is 10.7. The van der Waals surface area contributed by atoms with Crippen molar-refractivity contribution in [2.75, 3.05) is 11.9 Å². The van der Waals surface area contributed by atoms with Gasteiger partial charge in [-0.05, 0) is 37.0 Å². The summed E-state index contributed by atoms with van der Waals surface area (Å²) in [5.41, 5.74) is 1.76. The molecule has 0 heterocycles. The fourth-order valence-electron chi connectivity index (χ4n) is 2.17. The van der Waals surface area contributed by atoms with Gasteiger partial charge in [0.15, 0.2) is 0 Å². The molecule has 1 aromatic rings. The van der Waals surface area contributed by atoms with Crippen molar-refractivity contribution in [3.05, 3.63) is 29.8 Å². The summed E-state index contributed by atoms with van der Waals surface area (Å²) in [6.45, 7) is 3.29. The predicted molar refractivity (Wildman–Crippen MR) is 87.6 cm³/mol. The molecule has 0 radical (unpaired) electrons. The van der Waals surface area contributed by atoms with Crippen LogP contribution in [0.1, 0.15) is 44.6 Å². The first kappa shape index (κ1) is 16.3. The first-order valence-corrected chi connectivity index (χ1v) is 8.10. The second-order valence-corrected chi connectivity index (χ2v) is 5.78. The molecule has 1 aliphatic carbocycles. The minimum atomic E-state index is -0.150. The quantitative estimate of drug-likeness (QED) is 0.646. The molecule has 3 amide bonds. The second kappa shape index (κ2) is 8.41. The van der Waals surface area contributed by atoms with Crippen molar-refractivity contribution in [2.45, 2.75) is 45.6 Å². The van der Waals surface area contributed by atoms with Gasteiger partial charge in [0.1, 0.15) is 0 Å². The minimum Gasteiger partial charge on any atom is -0.338 e. The van der Waals surface area contributed by atoms with Crippen molar-refractivity contribution in [3.63, 3.8) is 0 Å². The molecule has 0 aromatic heterocycles. The van der Waals surface area contributed by atoms with E-state index in [1.54, 1.807) is 0 Å². The number of amides is 3. The van der Waals surface area contributed by atoms with E-state index in [1.165, 1.54) is 0 Å². The van der Waals surface area contributed by atoms with Crippen LogP contribution in [0.3, 0.4) is 0 Å². The van der Waals surface area contributed by atoms with E-state index in [0.717, 1.165) is 43.4 Å². The molecule has 22 heavy (non-hydrogen) atoms. The lowest BCUT2D eigenvalue weighted by Gasteiger charge is -2.09. The Bertz CT molecular complexity index is 512. The van der Waals surface area contributed by atoms with E-state index in [9.17, 15) is 9.59 Å². The van der Waals surface area contributed by atoms with Crippen molar-refractivity contribution in [3.8, 4) is 0 Å². The molecule has 120 valence electrons. The van der Waals surface area contributed by atoms with Crippen LogP contribution in [0.15, 0.2) is 24.3 Å². The third kappa shape index (κ3) is 5.76. The average molecular weight is 303 g/mol. The number of rotatable bonds is 8. The Hall–Kier alpha value is -2.04. The van der Waals surface area contributed by atoms with E-state index < -0.39 is 0 Å². The van der Waals surface area contributed by atoms with Crippen molar-refractivity contribution in [2.24, 2.45) is 5.92 Å². The number of unbranched alkanes of at least 4 members (excludes halogenated alkanes) is 2. The lowest BCUT2D eigenvalue weighted by molar-refractivity contribution is -0.117. The van der Waals surface area contributed by atoms with Gasteiger partial charge in [0.05, 0.1) is 0 Å². The summed E-state index contributed by atoms with van der Waals surface area (Å²) in [6.07, 6.45) is 5.26. The molecule has 0 saturated heterocycles. The largest absolute Gasteiger partial charge is 0.338 e. The Labute approximate surface area is 131 Å². The molecule has 0 unspecified atom stereocenters. The third-order valence-electron chi connectivity index (χ3n) is 3.66. The number of carbonyl (C=O) groups is 2. The normalized spacial score (nSPS) is 13.5. The summed E-state index contributed by atoms with van der Waals surface area (Å²) in [6, 6.07) is 7.44. The highest BCUT2D eigenvalue weighted by molar-refractivity contribution is 5.94. The Morgan fingerprint density at radius 1 is 1.18 bits per heavy atom. The van der Waals surface area contributed by atoms with E-state index in [0.29, 0.717) is 13.1 Å². The van der Waals surface area contributed by atoms with Gasteiger partial charge >= 0.3 is 6.03 Å². The predicted octanol–water partition coefficient (Wildman–Crippen LogP) is 3.02. The molecular formula is C17H25N3O2. The number of carbonyl (C=O) groups excluding carboxylic acids is 2. The maximum absolute atomic E-state index is 11.7. The fourth-order valence-corrected chi connectivity index (χ4v) is 2.17. The zero-order valence-electron chi connectivity index (χ0n) is 13.2. The lowest BCUT2D eigenvalue weighted by Crippen LogP contribution is -2.35. The second-order valence-electron chi connectivity index (χ2n) is 5.78. The highest BCUT2D eigenvalue weighted by Gasteiger charge is 2.29. The molecule has 5 heteroatoms. The summed E-state index contributed by atoms with van der Waals surface area (Å²) in [5, 5.41) is 8.58. The van der Waals surface area contributed by atoms with E-state index in [2.05, 4.69) is 22.9 Å². The average Bonchev–Trinajstić information content (AvgIpc) is 3.35. The Balaban J connectivity index is 1.72. The van der Waals surface area contributed by atoms with Crippen LogP contribution in [0.2, 0.25) is 0 Å². The number of hydrogen-bond donors (Lipinski definition) is 3. The van der Waals surface area contributed by atoms with E-state index in [1.807, 2.05) is 24.3 Å². The highest BCUT2D eigenvalue weighted by Crippen LogP contribution is 2.30. The number of benzene rings is 1. The van der Waals surface area contributed by atoms with Crippen molar-refractivity contribution >= 4 is 17.6 Å². The minimum absolute atomic E-state index is 0.0961. The Kier molecular flexibility index (Phi) is 6.25. The maximum Gasteiger partial charge on any atom is 0.315 e. The van der Waals surface area contributed by atoms with E-state index >= 15 is 0 Å². The van der Waals surface area contributed by atoms with Crippen LogP contribution in [0.5, 0.6) is 0 Å². The molecule has 1 aromatic carbocycles. The summed E-state index contributed by atoms with van der Waals surface area (Å²) in [7, 11) is 0. The van der Waals surface area contributed by atoms with Crippen molar-refractivity contribution in [1.29, 1.82) is 0 Å². The first-order valence-electron chi connectivity index (χ1n) is 8.10. The van der Waals surface area contributed by atoms with Gasteiger partial charge in [-0.2, -0.15) is 0 Å². The van der Waals surface area contributed by atoms with Gasteiger partial charge in [-0.1, -0.05) is 31.9 Å². The number of hydrogen-bond acceptors (Lipinski definition) is 2. The Morgan fingerprint density at radius 3 is 2.73 bits per heavy atom. The SMILES string of the molecule is CCCCCNC(=O)NCc1cccc(NC(=O)C2CC2)c1. The van der Waals surface area contributed by atoms with Crippen molar-refractivity contribution in [1.82, 2.24) is 10.6 Å². The van der Waals surface area contributed by atoms with Gasteiger partial charge in [0, 0.05) is 24.7 Å². The highest BCUT2D eigenvalue weighted by atomic mass is 16.2. The summed E-state index contributed by atoms with van der Waals surface area (Å²) in [4.78, 5) is 23.4. The Morgan fingerprint density at radius 2 is 2.00 bits per heavy atom. The van der Waals surface area contributed by atoms with Gasteiger partial charge in [-0.15, -0.1) is 0 Å². The van der Waals surface area contributed by atoms with Crippen LogP contribution < -0.4 is 16.0 Å². The molecule has 0 spiro atoms. The maximum atomic E-state index is 11.7. The smallest absolute Gasteiger partial charge is 0.315 e. The van der Waals surface area contributed by atoms with E-state index in [-0.39, 0.29) is 17.9 Å². The summed E-state index contributed by atoms with van der Waals surface area (Å²) < 4.78 is 0. The molecule has 5 nitrogen and oxygen atoms in total. The molecular weight excluding hydrogens is 278 g/mol. The number of urea groups is 1. The van der Waals surface area contributed by atoms with Crippen LogP contribution in [0, 0.1) is 5.92 Å². The van der Waals surface area contributed by atoms with Crippen LogP contribution in [-0.4, -0.2) is 18.5 Å². The number of anilines is 1. The van der Waals surface area contributed by atoms with Gasteiger partial charge in [0.2, 0.25) is 5.91 Å². The topological polar surface area (TPSA) is 70.2 Å². The van der Waals surface area contributed by atoms with Crippen LogP contribution in [0.25, 0.3) is 0 Å². The summed E-state index contributed by atoms with van der Waals surface area (Å²) >= 11 is 0. The fraction of sp³-hybridized carbons (Fsp3) is 0.529. The van der Waals surface area contributed by atoms with Crippen molar-refractivity contribution < 1.29 is 9.59 Å². The molecule has 3 N–H and O–H groups in total. The van der Waals surface area contributed by atoms with Gasteiger partial charge in [0.25, 0.3) is 0 Å². The zero-order valence-corrected chi connectivity index (χ0v) is 13.2. The monoisotopic (exact) mass is 303 g/mol. The van der Waals surface area contributed by atoms with Crippen LogP contribution >= 0.6 is 0 Å². The van der Waals surface area contributed by atoms with Gasteiger partial charge in [-0.3, -0.25) is 4.79 Å². The van der Waals surface area contributed by atoms with Crippen LogP contribution in [0.4, 0.5) is 10.5 Å². The molecule has 0 aliphatic heterocycles. The van der Waals surface area contributed by atoms with E-state index in [4.69, 9.17) is 0 Å². The van der Waals surface area contributed by atoms with Gasteiger partial charge in [-0.25, -0.2) is 4.79 Å². The van der Waals surface area contributed by atoms with Crippen LogP contribution in [-0.2, 0) is 11.3 Å². The zero-order chi connectivity index (χ0) is 15.8. The molecule has 0 atom stereocenters. The lowest BCUT2D eigenvalue weighted by atomic mass is 10.2. The molecule has 2 rings (SSSR count). The standard InChI is InChI=1S/C17H25N3O2/c1-2-3-4-10-18-17(22)19-12-13-6-5-7-15(11-13)20-16(21)14-8-9-14/h5-7,11,14H,2-4,8-10,12H2,1H3,(H,20,21)(H2,18,19,22). The number of nitrogens with one attached hydrogen (secondary N) is 3. The molecule has 0 bridgehead atoms. The molecule has 1 aliphatic rings. The van der Waals surface area contributed by atoms with Gasteiger partial charge < -0.3 is 16.0 Å². The molecule has 1 fully saturated rings. The molecule has 1 saturated carbocycles.